The van der Waals surface area contributed by atoms with Gasteiger partial charge in [0.15, 0.2) is 5.60 Å². The predicted molar refractivity (Wildman–Crippen MR) is 104 cm³/mol. The number of hydrogen-bond donors (Lipinski definition) is 2. The number of epoxide rings is 1. The number of carbonyl (C=O) groups is 3. The van der Waals surface area contributed by atoms with Crippen LogP contribution >= 0.6 is 0 Å². The molecule has 2 N–H and O–H groups in total. The molecular weight excluding hydrogens is 408 g/mol. The lowest BCUT2D eigenvalue weighted by Crippen LogP contribution is -2.70. The number of esters is 3. The van der Waals surface area contributed by atoms with Crippen molar-refractivity contribution in [3.8, 4) is 0 Å². The van der Waals surface area contributed by atoms with Crippen LogP contribution in [0.4, 0.5) is 0 Å². The van der Waals surface area contributed by atoms with Crippen molar-refractivity contribution in [3.05, 3.63) is 12.2 Å². The highest BCUT2D eigenvalue weighted by atomic mass is 16.7. The summed E-state index contributed by atoms with van der Waals surface area (Å²) >= 11 is 0. The maximum absolute atomic E-state index is 12.8. The Hall–Kier alpha value is -1.97. The molecule has 0 amide bonds. The van der Waals surface area contributed by atoms with Crippen molar-refractivity contribution in [2.75, 3.05) is 0 Å². The molecule has 4 rings (SSSR count). The summed E-state index contributed by atoms with van der Waals surface area (Å²) < 4.78 is 22.1. The van der Waals surface area contributed by atoms with Crippen LogP contribution in [0.3, 0.4) is 0 Å². The van der Waals surface area contributed by atoms with Crippen LogP contribution in [0.25, 0.3) is 0 Å². The van der Waals surface area contributed by atoms with Crippen LogP contribution in [0.2, 0.25) is 0 Å². The van der Waals surface area contributed by atoms with Gasteiger partial charge in [-0.15, -0.1) is 0 Å². The van der Waals surface area contributed by atoms with E-state index >= 15 is 0 Å². The van der Waals surface area contributed by atoms with Crippen molar-refractivity contribution in [3.63, 3.8) is 0 Å². The zero-order chi connectivity index (χ0) is 23.1. The second-order valence-corrected chi connectivity index (χ2v) is 9.99. The van der Waals surface area contributed by atoms with E-state index in [0.29, 0.717) is 0 Å². The second-order valence-electron chi connectivity index (χ2n) is 9.99. The van der Waals surface area contributed by atoms with E-state index in [1.807, 2.05) is 0 Å². The molecule has 4 aliphatic rings. The fourth-order valence-electron chi connectivity index (χ4n) is 5.92. The summed E-state index contributed by atoms with van der Waals surface area (Å²) in [5, 5.41) is 22.6. The third-order valence-corrected chi connectivity index (χ3v) is 7.93. The van der Waals surface area contributed by atoms with Gasteiger partial charge in [0.1, 0.15) is 23.9 Å². The largest absolute Gasteiger partial charge is 0.459 e. The maximum Gasteiger partial charge on any atom is 0.341 e. The van der Waals surface area contributed by atoms with Gasteiger partial charge in [0.2, 0.25) is 0 Å². The molecule has 0 radical (unpaired) electrons. The molecule has 0 aromatic carbocycles. The first-order chi connectivity index (χ1) is 14.2. The van der Waals surface area contributed by atoms with Gasteiger partial charge in [-0.1, -0.05) is 13.5 Å². The van der Waals surface area contributed by atoms with E-state index in [-0.39, 0.29) is 24.5 Å². The summed E-state index contributed by atoms with van der Waals surface area (Å²) in [7, 11) is 0. The maximum atomic E-state index is 12.8. The Labute approximate surface area is 180 Å². The lowest BCUT2D eigenvalue weighted by Gasteiger charge is -2.60. The van der Waals surface area contributed by atoms with Gasteiger partial charge in [-0.2, -0.15) is 0 Å². The van der Waals surface area contributed by atoms with Crippen LogP contribution in [0, 0.1) is 17.3 Å². The van der Waals surface area contributed by atoms with E-state index in [1.165, 1.54) is 13.8 Å². The normalized spacial score (nSPS) is 50.7. The molecular formula is C22H30O9. The molecule has 0 aromatic rings. The number of carbonyl (C=O) groups excluding carboxylic acids is 3. The third kappa shape index (κ3) is 3.12. The number of fused-ring (bicyclic) bond motifs is 3. The fraction of sp³-hybridized carbons (Fsp3) is 0.773. The minimum atomic E-state index is -1.59. The lowest BCUT2D eigenvalue weighted by molar-refractivity contribution is -0.267. The molecule has 0 spiro atoms. The summed E-state index contributed by atoms with van der Waals surface area (Å²) in [6.45, 7) is 11.8. The molecule has 2 saturated heterocycles. The van der Waals surface area contributed by atoms with Gasteiger partial charge in [-0.05, 0) is 27.2 Å². The smallest absolute Gasteiger partial charge is 0.341 e. The number of ether oxygens (including phenoxy) is 4. The van der Waals surface area contributed by atoms with Crippen LogP contribution < -0.4 is 0 Å². The predicted octanol–water partition coefficient (Wildman–Crippen LogP) is 0.647. The molecule has 172 valence electrons. The van der Waals surface area contributed by atoms with Gasteiger partial charge in [0.25, 0.3) is 0 Å². The van der Waals surface area contributed by atoms with Crippen molar-refractivity contribution >= 4 is 17.9 Å². The molecule has 2 aliphatic heterocycles. The molecule has 0 aromatic heterocycles. The quantitative estimate of drug-likeness (QED) is 0.282. The van der Waals surface area contributed by atoms with Gasteiger partial charge in [0.05, 0.1) is 18.1 Å². The Bertz CT molecular complexity index is 850. The van der Waals surface area contributed by atoms with Crippen LogP contribution in [0.15, 0.2) is 12.2 Å². The van der Waals surface area contributed by atoms with Crippen molar-refractivity contribution in [1.82, 2.24) is 0 Å². The standard InChI is InChI=1S/C22H30O9/c1-9-15-12(29-19(26)22(6)10(2)31-22)8-20(4)13(24)7-14(28-11(3)23)21(5,27)17(20)16(15)30-18(9)25/h10,12-17,24,27H,1,7-8H2,2-6H3/t10-,12+,13+,14-,15+,16-,17+,20-,21-,22-/m0/s1. The first-order valence-corrected chi connectivity index (χ1v) is 10.6. The van der Waals surface area contributed by atoms with Crippen molar-refractivity contribution in [2.24, 2.45) is 17.3 Å². The van der Waals surface area contributed by atoms with E-state index in [1.54, 1.807) is 20.8 Å². The topological polar surface area (TPSA) is 132 Å². The molecule has 0 bridgehead atoms. The van der Waals surface area contributed by atoms with E-state index < -0.39 is 70.8 Å². The number of aliphatic hydroxyl groups excluding tert-OH is 1. The first-order valence-electron chi connectivity index (χ1n) is 10.6. The van der Waals surface area contributed by atoms with Gasteiger partial charge in [-0.25, -0.2) is 9.59 Å². The molecule has 0 unspecified atom stereocenters. The molecule has 10 atom stereocenters. The highest BCUT2D eigenvalue weighted by Crippen LogP contribution is 2.60. The number of aliphatic hydroxyl groups is 2. The van der Waals surface area contributed by atoms with E-state index in [2.05, 4.69) is 6.58 Å². The molecule has 2 heterocycles. The highest BCUT2D eigenvalue weighted by molar-refractivity contribution is 5.91. The Kier molecular flexibility index (Phi) is 4.85. The molecule has 31 heavy (non-hydrogen) atoms. The monoisotopic (exact) mass is 438 g/mol. The van der Waals surface area contributed by atoms with Gasteiger partial charge >= 0.3 is 17.9 Å². The van der Waals surface area contributed by atoms with E-state index in [4.69, 9.17) is 18.9 Å². The molecule has 9 nitrogen and oxygen atoms in total. The summed E-state index contributed by atoms with van der Waals surface area (Å²) in [5.74, 6) is -3.24. The minimum Gasteiger partial charge on any atom is -0.459 e. The Morgan fingerprint density at radius 3 is 2.39 bits per heavy atom. The summed E-state index contributed by atoms with van der Waals surface area (Å²) in [6.07, 6.45) is -3.77. The Balaban J connectivity index is 1.71. The summed E-state index contributed by atoms with van der Waals surface area (Å²) in [5.41, 5.74) is -3.47. The zero-order valence-corrected chi connectivity index (χ0v) is 18.4. The van der Waals surface area contributed by atoms with Crippen LogP contribution in [0.1, 0.15) is 47.5 Å². The average molecular weight is 438 g/mol. The van der Waals surface area contributed by atoms with Gasteiger partial charge in [-0.3, -0.25) is 4.79 Å². The van der Waals surface area contributed by atoms with Crippen LogP contribution in [-0.2, 0) is 33.3 Å². The Morgan fingerprint density at radius 2 is 1.84 bits per heavy atom. The van der Waals surface area contributed by atoms with Crippen LogP contribution in [0.5, 0.6) is 0 Å². The summed E-state index contributed by atoms with van der Waals surface area (Å²) in [4.78, 5) is 36.8. The fourth-order valence-corrected chi connectivity index (χ4v) is 5.92. The van der Waals surface area contributed by atoms with E-state index in [0.717, 1.165) is 0 Å². The van der Waals surface area contributed by atoms with Gasteiger partial charge in [0, 0.05) is 30.3 Å². The van der Waals surface area contributed by atoms with Crippen molar-refractivity contribution < 1.29 is 43.5 Å². The summed E-state index contributed by atoms with van der Waals surface area (Å²) in [6, 6.07) is 0. The average Bonchev–Trinajstić information content (AvgIpc) is 3.15. The number of rotatable bonds is 3. The van der Waals surface area contributed by atoms with Crippen LogP contribution in [-0.4, -0.2) is 69.8 Å². The molecule has 2 saturated carbocycles. The number of hydrogen-bond acceptors (Lipinski definition) is 9. The van der Waals surface area contributed by atoms with Crippen molar-refractivity contribution in [1.29, 1.82) is 0 Å². The molecule has 9 heteroatoms. The van der Waals surface area contributed by atoms with E-state index in [9.17, 15) is 24.6 Å². The van der Waals surface area contributed by atoms with Gasteiger partial charge < -0.3 is 29.2 Å². The molecule has 4 fully saturated rings. The third-order valence-electron chi connectivity index (χ3n) is 7.93. The molecule has 2 aliphatic carbocycles. The minimum absolute atomic E-state index is 0.00435. The Morgan fingerprint density at radius 1 is 1.23 bits per heavy atom. The first kappa shape index (κ1) is 22.2. The second kappa shape index (κ2) is 6.76. The highest BCUT2D eigenvalue weighted by Gasteiger charge is 2.70. The van der Waals surface area contributed by atoms with Crippen molar-refractivity contribution in [2.45, 2.75) is 89.2 Å². The lowest BCUT2D eigenvalue weighted by atomic mass is 9.49. The SMILES string of the molecule is C=C1C(=O)O[C@H]2[C@H]1[C@H](OC(=O)[C@@]1(C)O[C@H]1C)C[C@@]1(C)[C@H](O)C[C@H](OC(C)=O)[C@](C)(O)[C@H]21. The zero-order valence-electron chi connectivity index (χ0n) is 18.4.